The Hall–Kier alpha value is -0.0700. The number of rotatable bonds is 6. The van der Waals surface area contributed by atoms with Gasteiger partial charge in [0.1, 0.15) is 5.01 Å². The molecule has 0 aromatic carbocycles. The third-order valence-corrected chi connectivity index (χ3v) is 3.13. The lowest BCUT2D eigenvalue weighted by Gasteiger charge is -2.19. The predicted octanol–water partition coefficient (Wildman–Crippen LogP) is 2.91. The van der Waals surface area contributed by atoms with E-state index in [1.165, 1.54) is 11.3 Å². The lowest BCUT2D eigenvalue weighted by Crippen LogP contribution is -2.30. The Bertz CT molecular complexity index is 293. The van der Waals surface area contributed by atoms with Gasteiger partial charge in [-0.3, -0.25) is 4.90 Å². The minimum atomic E-state index is -2.29. The van der Waals surface area contributed by atoms with Crippen LogP contribution in [-0.4, -0.2) is 34.7 Å². The Kier molecular flexibility index (Phi) is 5.63. The van der Waals surface area contributed by atoms with Gasteiger partial charge in [-0.2, -0.15) is 0 Å². The van der Waals surface area contributed by atoms with Gasteiger partial charge in [0.2, 0.25) is 0 Å². The van der Waals surface area contributed by atoms with Crippen molar-refractivity contribution in [1.82, 2.24) is 9.88 Å². The smallest absolute Gasteiger partial charge is 0.251 e. The van der Waals surface area contributed by atoms with Gasteiger partial charge in [-0.05, 0) is 6.92 Å². The molecule has 6 heteroatoms. The highest BCUT2D eigenvalue weighted by molar-refractivity contribution is 9.09. The van der Waals surface area contributed by atoms with E-state index in [0.717, 1.165) is 10.7 Å². The third-order valence-electron chi connectivity index (χ3n) is 1.82. The van der Waals surface area contributed by atoms with Gasteiger partial charge in [-0.1, -0.05) is 15.9 Å². The van der Waals surface area contributed by atoms with Gasteiger partial charge in [0, 0.05) is 22.9 Å². The number of halogens is 3. The monoisotopic (exact) mass is 298 g/mol. The predicted molar refractivity (Wildman–Crippen MR) is 61.9 cm³/mol. The molecule has 0 radical (unpaired) electrons. The second kappa shape index (κ2) is 6.50. The summed E-state index contributed by atoms with van der Waals surface area (Å²) in [5, 5.41) is 3.53. The number of hydrogen-bond acceptors (Lipinski definition) is 3. The number of alkyl halides is 3. The minimum Gasteiger partial charge on any atom is -0.290 e. The Morgan fingerprint density at radius 2 is 2.33 bits per heavy atom. The molecule has 0 saturated carbocycles. The van der Waals surface area contributed by atoms with E-state index in [0.29, 0.717) is 18.4 Å². The van der Waals surface area contributed by atoms with Crippen LogP contribution in [0.25, 0.3) is 0 Å². The highest BCUT2D eigenvalue weighted by atomic mass is 79.9. The van der Waals surface area contributed by atoms with E-state index in [-0.39, 0.29) is 6.54 Å². The summed E-state index contributed by atoms with van der Waals surface area (Å²) in [5.74, 6) is 0. The summed E-state index contributed by atoms with van der Waals surface area (Å²) >= 11 is 4.77. The van der Waals surface area contributed by atoms with Crippen LogP contribution in [-0.2, 0) is 6.54 Å². The van der Waals surface area contributed by atoms with E-state index >= 15 is 0 Å². The minimum absolute atomic E-state index is 0.190. The maximum absolute atomic E-state index is 12.2. The number of thiazole rings is 1. The highest BCUT2D eigenvalue weighted by Crippen LogP contribution is 2.12. The van der Waals surface area contributed by atoms with Gasteiger partial charge in [0.15, 0.2) is 0 Å². The Balaban J connectivity index is 2.50. The van der Waals surface area contributed by atoms with Crippen LogP contribution in [0.2, 0.25) is 0 Å². The maximum atomic E-state index is 12.2. The van der Waals surface area contributed by atoms with Crippen molar-refractivity contribution in [2.24, 2.45) is 0 Å². The standard InChI is InChI=1S/C9H13BrF2N2S/c1-7-6-15-9(13-7)5-14(3-2-10)4-8(11)12/h6,8H,2-5H2,1H3. The highest BCUT2D eigenvalue weighted by Gasteiger charge is 2.13. The zero-order chi connectivity index (χ0) is 11.3. The lowest BCUT2D eigenvalue weighted by atomic mass is 10.4. The molecule has 0 amide bonds. The third kappa shape index (κ3) is 4.99. The van der Waals surface area contributed by atoms with Crippen LogP contribution in [0, 0.1) is 6.92 Å². The summed E-state index contributed by atoms with van der Waals surface area (Å²) < 4.78 is 24.5. The zero-order valence-electron chi connectivity index (χ0n) is 8.42. The van der Waals surface area contributed by atoms with Crippen LogP contribution < -0.4 is 0 Å². The SMILES string of the molecule is Cc1csc(CN(CCBr)CC(F)F)n1. The maximum Gasteiger partial charge on any atom is 0.251 e. The van der Waals surface area contributed by atoms with Crippen molar-refractivity contribution in [3.8, 4) is 0 Å². The van der Waals surface area contributed by atoms with Crippen molar-refractivity contribution < 1.29 is 8.78 Å². The van der Waals surface area contributed by atoms with Crippen molar-refractivity contribution >= 4 is 27.3 Å². The van der Waals surface area contributed by atoms with Crippen LogP contribution >= 0.6 is 27.3 Å². The molecule has 15 heavy (non-hydrogen) atoms. The van der Waals surface area contributed by atoms with Crippen molar-refractivity contribution in [3.63, 3.8) is 0 Å². The van der Waals surface area contributed by atoms with Gasteiger partial charge in [0.05, 0.1) is 13.1 Å². The van der Waals surface area contributed by atoms with Crippen molar-refractivity contribution in [2.75, 3.05) is 18.4 Å². The summed E-state index contributed by atoms with van der Waals surface area (Å²) in [7, 11) is 0. The van der Waals surface area contributed by atoms with Crippen LogP contribution in [0.5, 0.6) is 0 Å². The van der Waals surface area contributed by atoms with E-state index in [9.17, 15) is 8.78 Å². The molecule has 0 spiro atoms. The van der Waals surface area contributed by atoms with Gasteiger partial charge in [-0.15, -0.1) is 11.3 Å². The van der Waals surface area contributed by atoms with E-state index < -0.39 is 6.43 Å². The van der Waals surface area contributed by atoms with Crippen molar-refractivity contribution in [1.29, 1.82) is 0 Å². The summed E-state index contributed by atoms with van der Waals surface area (Å²) in [6.07, 6.45) is -2.29. The first kappa shape index (κ1) is 13.0. The molecule has 1 rings (SSSR count). The first-order valence-corrected chi connectivity index (χ1v) is 6.59. The Morgan fingerprint density at radius 1 is 1.60 bits per heavy atom. The fourth-order valence-corrected chi connectivity index (χ4v) is 2.53. The molecule has 0 unspecified atom stereocenters. The van der Waals surface area contributed by atoms with Crippen molar-refractivity contribution in [3.05, 3.63) is 16.1 Å². The summed E-state index contributed by atoms with van der Waals surface area (Å²) in [4.78, 5) is 5.96. The fraction of sp³-hybridized carbons (Fsp3) is 0.667. The molecule has 0 aliphatic rings. The van der Waals surface area contributed by atoms with Crippen LogP contribution in [0.1, 0.15) is 10.7 Å². The van der Waals surface area contributed by atoms with Gasteiger partial charge in [-0.25, -0.2) is 13.8 Å². The van der Waals surface area contributed by atoms with E-state index in [1.807, 2.05) is 12.3 Å². The molecule has 1 heterocycles. The second-order valence-corrected chi connectivity index (χ2v) is 4.93. The molecule has 0 saturated heterocycles. The zero-order valence-corrected chi connectivity index (χ0v) is 10.8. The molecule has 1 aromatic rings. The first-order chi connectivity index (χ1) is 7.11. The van der Waals surface area contributed by atoms with E-state index in [1.54, 1.807) is 4.90 Å². The summed E-state index contributed by atoms with van der Waals surface area (Å²) in [5.41, 5.74) is 0.950. The number of aryl methyl sites for hydroxylation is 1. The number of nitrogens with zero attached hydrogens (tertiary/aromatic N) is 2. The largest absolute Gasteiger partial charge is 0.290 e. The Labute approximate surface area is 100 Å². The molecule has 0 atom stereocenters. The molecule has 0 aliphatic heterocycles. The topological polar surface area (TPSA) is 16.1 Å². The van der Waals surface area contributed by atoms with E-state index in [4.69, 9.17) is 0 Å². The normalized spacial score (nSPS) is 11.6. The molecule has 0 N–H and O–H groups in total. The number of aromatic nitrogens is 1. The molecule has 0 bridgehead atoms. The molecule has 2 nitrogen and oxygen atoms in total. The Morgan fingerprint density at radius 3 is 2.80 bits per heavy atom. The van der Waals surface area contributed by atoms with Crippen LogP contribution in [0.4, 0.5) is 8.78 Å². The molecular formula is C9H13BrF2N2S. The molecule has 0 aliphatic carbocycles. The lowest BCUT2D eigenvalue weighted by molar-refractivity contribution is 0.0881. The van der Waals surface area contributed by atoms with E-state index in [2.05, 4.69) is 20.9 Å². The molecule has 0 fully saturated rings. The average molecular weight is 299 g/mol. The number of hydrogen-bond donors (Lipinski definition) is 0. The molecule has 1 aromatic heterocycles. The van der Waals surface area contributed by atoms with Gasteiger partial charge < -0.3 is 0 Å². The van der Waals surface area contributed by atoms with Gasteiger partial charge in [0.25, 0.3) is 6.43 Å². The van der Waals surface area contributed by atoms with Crippen LogP contribution in [0.3, 0.4) is 0 Å². The average Bonchev–Trinajstić information content (AvgIpc) is 2.50. The summed E-state index contributed by atoms with van der Waals surface area (Å²) in [6.45, 7) is 2.84. The summed E-state index contributed by atoms with van der Waals surface area (Å²) in [6, 6.07) is 0. The molecular weight excluding hydrogens is 286 g/mol. The van der Waals surface area contributed by atoms with Crippen LogP contribution in [0.15, 0.2) is 5.38 Å². The molecule has 86 valence electrons. The fourth-order valence-electron chi connectivity index (χ4n) is 1.22. The van der Waals surface area contributed by atoms with Crippen molar-refractivity contribution in [2.45, 2.75) is 19.9 Å². The second-order valence-electron chi connectivity index (χ2n) is 3.20. The van der Waals surface area contributed by atoms with Gasteiger partial charge >= 0.3 is 0 Å². The first-order valence-electron chi connectivity index (χ1n) is 4.59. The quantitative estimate of drug-likeness (QED) is 0.751.